The Balaban J connectivity index is 2.46. The summed E-state index contributed by atoms with van der Waals surface area (Å²) in [5, 5.41) is 0.389. The highest BCUT2D eigenvalue weighted by Gasteiger charge is 2.26. The summed E-state index contributed by atoms with van der Waals surface area (Å²) in [7, 11) is 0. The number of rotatable bonds is 1. The lowest BCUT2D eigenvalue weighted by atomic mass is 10.2. The number of ether oxygens (including phenoxy) is 1. The summed E-state index contributed by atoms with van der Waals surface area (Å²) in [4.78, 5) is 10.2. The second-order valence-corrected chi connectivity index (χ2v) is 3.62. The van der Waals surface area contributed by atoms with E-state index in [1.807, 2.05) is 0 Å². The molecule has 4 nitrogen and oxygen atoms in total. The van der Waals surface area contributed by atoms with Gasteiger partial charge in [-0.2, -0.15) is 0 Å². The second kappa shape index (κ2) is 3.61. The predicted octanol–water partition coefficient (Wildman–Crippen LogP) is 1.74. The lowest BCUT2D eigenvalue weighted by Gasteiger charge is -2.34. The van der Waals surface area contributed by atoms with E-state index in [0.29, 0.717) is 23.6 Å². The van der Waals surface area contributed by atoms with Crippen molar-refractivity contribution in [1.29, 1.82) is 0 Å². The maximum Gasteiger partial charge on any atom is 0.199 e. The summed E-state index contributed by atoms with van der Waals surface area (Å²) in [6.45, 7) is 5.71. The molecular weight excluding hydrogens is 202 g/mol. The Hall–Kier alpha value is -1.03. The minimum absolute atomic E-state index is 0.332. The van der Waals surface area contributed by atoms with Gasteiger partial charge in [0.05, 0.1) is 6.04 Å². The van der Waals surface area contributed by atoms with E-state index in [2.05, 4.69) is 28.7 Å². The van der Waals surface area contributed by atoms with Crippen LogP contribution in [0.2, 0.25) is 5.15 Å². The minimum Gasteiger partial charge on any atom is -0.485 e. The van der Waals surface area contributed by atoms with Gasteiger partial charge in [-0.25, -0.2) is 9.97 Å². The number of hydrogen-bond donors (Lipinski definition) is 0. The minimum atomic E-state index is 0.332. The summed E-state index contributed by atoms with van der Waals surface area (Å²) in [6.07, 6.45) is 1.46. The van der Waals surface area contributed by atoms with Crippen molar-refractivity contribution in [1.82, 2.24) is 9.97 Å². The molecule has 2 heterocycles. The van der Waals surface area contributed by atoms with E-state index in [-0.39, 0.29) is 0 Å². The van der Waals surface area contributed by atoms with Crippen LogP contribution in [0.5, 0.6) is 5.75 Å². The number of anilines is 1. The van der Waals surface area contributed by atoms with Crippen LogP contribution in [0.1, 0.15) is 13.8 Å². The molecule has 14 heavy (non-hydrogen) atoms. The van der Waals surface area contributed by atoms with Crippen molar-refractivity contribution < 1.29 is 4.74 Å². The fraction of sp³-hybridized carbons (Fsp3) is 0.556. The molecule has 1 atom stereocenters. The van der Waals surface area contributed by atoms with Crippen molar-refractivity contribution in [3.63, 3.8) is 0 Å². The highest BCUT2D eigenvalue weighted by atomic mass is 35.5. The van der Waals surface area contributed by atoms with Gasteiger partial charge in [0.1, 0.15) is 12.9 Å². The SMILES string of the molecule is CCN1c2ncnc(Cl)c2OCC1C. The number of likely N-dealkylation sites (N-methyl/N-ethyl adjacent to an activating group) is 1. The molecule has 0 radical (unpaired) electrons. The fourth-order valence-electron chi connectivity index (χ4n) is 1.64. The number of aromatic nitrogens is 2. The molecule has 0 saturated heterocycles. The van der Waals surface area contributed by atoms with Gasteiger partial charge in [-0.05, 0) is 13.8 Å². The standard InChI is InChI=1S/C9H12ClN3O/c1-3-13-6(2)4-14-7-8(10)11-5-12-9(7)13/h5-6H,3-4H2,1-2H3. The van der Waals surface area contributed by atoms with E-state index in [4.69, 9.17) is 16.3 Å². The van der Waals surface area contributed by atoms with Gasteiger partial charge >= 0.3 is 0 Å². The number of hydrogen-bond acceptors (Lipinski definition) is 4. The zero-order valence-corrected chi connectivity index (χ0v) is 8.95. The van der Waals surface area contributed by atoms with Crippen molar-refractivity contribution in [2.24, 2.45) is 0 Å². The topological polar surface area (TPSA) is 38.2 Å². The van der Waals surface area contributed by atoms with Crippen LogP contribution in [0.4, 0.5) is 5.82 Å². The highest BCUT2D eigenvalue weighted by Crippen LogP contribution is 2.35. The summed E-state index contributed by atoms with van der Waals surface area (Å²) < 4.78 is 5.50. The second-order valence-electron chi connectivity index (χ2n) is 3.26. The molecule has 1 unspecified atom stereocenters. The van der Waals surface area contributed by atoms with Crippen LogP contribution in [-0.2, 0) is 0 Å². The first kappa shape index (κ1) is 9.52. The normalized spacial score (nSPS) is 20.2. The quantitative estimate of drug-likeness (QED) is 0.666. The molecule has 0 bridgehead atoms. The number of fused-ring (bicyclic) bond motifs is 1. The smallest absolute Gasteiger partial charge is 0.199 e. The highest BCUT2D eigenvalue weighted by molar-refractivity contribution is 6.31. The average Bonchev–Trinajstić information content (AvgIpc) is 2.18. The van der Waals surface area contributed by atoms with E-state index >= 15 is 0 Å². The molecule has 0 fully saturated rings. The van der Waals surface area contributed by atoms with Crippen molar-refractivity contribution in [2.75, 3.05) is 18.1 Å². The molecule has 5 heteroatoms. The summed E-state index contributed by atoms with van der Waals surface area (Å²) in [5.41, 5.74) is 0. The monoisotopic (exact) mass is 213 g/mol. The molecule has 2 rings (SSSR count). The molecule has 0 spiro atoms. The third kappa shape index (κ3) is 1.39. The van der Waals surface area contributed by atoms with Gasteiger partial charge in [0, 0.05) is 6.54 Å². The van der Waals surface area contributed by atoms with Crippen LogP contribution in [-0.4, -0.2) is 29.2 Å². The third-order valence-electron chi connectivity index (χ3n) is 2.36. The molecule has 0 aliphatic carbocycles. The van der Waals surface area contributed by atoms with Crippen LogP contribution in [0.3, 0.4) is 0 Å². The van der Waals surface area contributed by atoms with Crippen molar-refractivity contribution in [3.05, 3.63) is 11.5 Å². The molecule has 1 aromatic rings. The fourth-order valence-corrected chi connectivity index (χ4v) is 1.82. The van der Waals surface area contributed by atoms with Gasteiger partial charge in [0.15, 0.2) is 16.7 Å². The molecule has 0 N–H and O–H groups in total. The van der Waals surface area contributed by atoms with Crippen molar-refractivity contribution in [3.8, 4) is 5.75 Å². The third-order valence-corrected chi connectivity index (χ3v) is 2.62. The van der Waals surface area contributed by atoms with Gasteiger partial charge in [-0.1, -0.05) is 11.6 Å². The molecule has 0 amide bonds. The predicted molar refractivity (Wildman–Crippen MR) is 55.0 cm³/mol. The molecule has 0 aromatic carbocycles. The van der Waals surface area contributed by atoms with E-state index in [0.717, 1.165) is 12.4 Å². The lowest BCUT2D eigenvalue weighted by Crippen LogP contribution is -2.41. The summed E-state index contributed by atoms with van der Waals surface area (Å²) in [6, 6.07) is 0.332. The van der Waals surface area contributed by atoms with E-state index < -0.39 is 0 Å². The Labute approximate surface area is 87.9 Å². The van der Waals surface area contributed by atoms with E-state index in [1.165, 1.54) is 6.33 Å². The van der Waals surface area contributed by atoms with Crippen LogP contribution in [0.25, 0.3) is 0 Å². The van der Waals surface area contributed by atoms with Crippen LogP contribution < -0.4 is 9.64 Å². The molecule has 1 aliphatic heterocycles. The maximum absolute atomic E-state index is 5.91. The first-order valence-corrected chi connectivity index (χ1v) is 5.01. The molecule has 76 valence electrons. The van der Waals surface area contributed by atoms with Gasteiger partial charge in [0.25, 0.3) is 0 Å². The summed E-state index contributed by atoms with van der Waals surface area (Å²) in [5.74, 6) is 1.40. The number of nitrogens with zero attached hydrogens (tertiary/aromatic N) is 3. The number of halogens is 1. The van der Waals surface area contributed by atoms with E-state index in [1.54, 1.807) is 0 Å². The Morgan fingerprint density at radius 2 is 2.43 bits per heavy atom. The zero-order valence-electron chi connectivity index (χ0n) is 8.20. The van der Waals surface area contributed by atoms with Gasteiger partial charge in [-0.15, -0.1) is 0 Å². The molecule has 0 saturated carbocycles. The maximum atomic E-state index is 5.91. The molecular formula is C9H12ClN3O. The first-order chi connectivity index (χ1) is 6.74. The van der Waals surface area contributed by atoms with Crippen LogP contribution in [0.15, 0.2) is 6.33 Å². The first-order valence-electron chi connectivity index (χ1n) is 4.64. The Bertz CT molecular complexity index is 345. The van der Waals surface area contributed by atoms with Crippen molar-refractivity contribution in [2.45, 2.75) is 19.9 Å². The molecule has 1 aliphatic rings. The largest absolute Gasteiger partial charge is 0.485 e. The van der Waals surface area contributed by atoms with Gasteiger partial charge < -0.3 is 9.64 Å². The van der Waals surface area contributed by atoms with Crippen LogP contribution in [0, 0.1) is 0 Å². The Morgan fingerprint density at radius 1 is 1.64 bits per heavy atom. The summed E-state index contributed by atoms with van der Waals surface area (Å²) >= 11 is 5.91. The van der Waals surface area contributed by atoms with Crippen molar-refractivity contribution >= 4 is 17.4 Å². The van der Waals surface area contributed by atoms with E-state index in [9.17, 15) is 0 Å². The zero-order chi connectivity index (χ0) is 10.1. The lowest BCUT2D eigenvalue weighted by molar-refractivity contribution is 0.267. The average molecular weight is 214 g/mol. The Kier molecular flexibility index (Phi) is 2.46. The Morgan fingerprint density at radius 3 is 3.14 bits per heavy atom. The van der Waals surface area contributed by atoms with Gasteiger partial charge in [0.2, 0.25) is 0 Å². The van der Waals surface area contributed by atoms with Gasteiger partial charge in [-0.3, -0.25) is 0 Å². The molecule has 1 aromatic heterocycles. The van der Waals surface area contributed by atoms with Crippen LogP contribution >= 0.6 is 11.6 Å².